The molecule has 0 aliphatic heterocycles. The van der Waals surface area contributed by atoms with Crippen LogP contribution in [0.2, 0.25) is 0 Å². The van der Waals surface area contributed by atoms with E-state index < -0.39 is 66.2 Å². The highest BCUT2D eigenvalue weighted by atomic mass is 16.4. The van der Waals surface area contributed by atoms with E-state index in [4.69, 9.17) is 10.8 Å². The maximum Gasteiger partial charge on any atom is 0.326 e. The van der Waals surface area contributed by atoms with Gasteiger partial charge in [-0.2, -0.15) is 0 Å². The van der Waals surface area contributed by atoms with E-state index in [-0.39, 0.29) is 30.8 Å². The summed E-state index contributed by atoms with van der Waals surface area (Å²) in [5.74, 6) is -5.23. The number of carbonyl (C=O) groups excluding carboxylic acids is 3. The minimum absolute atomic E-state index is 0.00379. The number of rotatable bonds is 16. The first kappa shape index (κ1) is 33.6. The van der Waals surface area contributed by atoms with E-state index in [1.165, 1.54) is 24.3 Å². The van der Waals surface area contributed by atoms with Crippen LogP contribution in [0.4, 0.5) is 0 Å². The Hall–Kier alpha value is -4.65. The van der Waals surface area contributed by atoms with Crippen molar-refractivity contribution in [2.45, 2.75) is 70.1 Å². The molecule has 5 unspecified atom stereocenters. The molecule has 2 aromatic carbocycles. The lowest BCUT2D eigenvalue weighted by Crippen LogP contribution is -2.59. The highest BCUT2D eigenvalue weighted by molar-refractivity contribution is 5.94. The van der Waals surface area contributed by atoms with Crippen LogP contribution in [-0.2, 0) is 36.8 Å². The highest BCUT2D eigenvalue weighted by Gasteiger charge is 2.33. The number of aromatic hydroxyl groups is 2. The van der Waals surface area contributed by atoms with Crippen LogP contribution in [0.25, 0.3) is 0 Å². The number of hydrogen-bond donors (Lipinski definition) is 8. The summed E-state index contributed by atoms with van der Waals surface area (Å²) in [4.78, 5) is 62.2. The molecular weight excluding hydrogens is 548 g/mol. The van der Waals surface area contributed by atoms with Gasteiger partial charge >= 0.3 is 11.9 Å². The number of carboxylic acid groups (broad SMARTS) is 2. The molecule has 0 fully saturated rings. The fourth-order valence-electron chi connectivity index (χ4n) is 4.08. The number of nitrogens with one attached hydrogen (secondary N) is 3. The molecule has 228 valence electrons. The summed E-state index contributed by atoms with van der Waals surface area (Å²) in [6, 6.07) is 7.17. The summed E-state index contributed by atoms with van der Waals surface area (Å²) in [5, 5.41) is 45.0. The summed E-state index contributed by atoms with van der Waals surface area (Å²) in [6.45, 7) is 3.45. The van der Waals surface area contributed by atoms with Crippen LogP contribution in [0, 0.1) is 5.92 Å². The van der Waals surface area contributed by atoms with Gasteiger partial charge in [0.15, 0.2) is 0 Å². The van der Waals surface area contributed by atoms with E-state index in [0.717, 1.165) is 0 Å². The Morgan fingerprint density at radius 2 is 1.24 bits per heavy atom. The summed E-state index contributed by atoms with van der Waals surface area (Å²) in [5.41, 5.74) is 7.37. The molecule has 9 N–H and O–H groups in total. The summed E-state index contributed by atoms with van der Waals surface area (Å²) >= 11 is 0. The van der Waals surface area contributed by atoms with Gasteiger partial charge in [-0.3, -0.25) is 19.2 Å². The topological polar surface area (TPSA) is 228 Å². The van der Waals surface area contributed by atoms with Crippen molar-refractivity contribution in [1.29, 1.82) is 0 Å². The summed E-state index contributed by atoms with van der Waals surface area (Å²) < 4.78 is 0. The number of carbonyl (C=O) groups is 5. The van der Waals surface area contributed by atoms with Crippen LogP contribution in [0.1, 0.15) is 44.2 Å². The number of phenolic OH excluding ortho intramolecular Hbond substituents is 2. The Labute approximate surface area is 243 Å². The van der Waals surface area contributed by atoms with E-state index in [1.54, 1.807) is 38.1 Å². The molecule has 0 bridgehead atoms. The summed E-state index contributed by atoms with van der Waals surface area (Å²) in [6.07, 6.45) is -0.310. The van der Waals surface area contributed by atoms with Gasteiger partial charge in [-0.1, -0.05) is 44.5 Å². The van der Waals surface area contributed by atoms with Crippen LogP contribution >= 0.6 is 0 Å². The highest BCUT2D eigenvalue weighted by Crippen LogP contribution is 2.15. The van der Waals surface area contributed by atoms with Crippen LogP contribution in [0.15, 0.2) is 48.5 Å². The molecule has 3 amide bonds. The van der Waals surface area contributed by atoms with Crippen molar-refractivity contribution in [3.63, 3.8) is 0 Å². The molecule has 0 saturated heterocycles. The zero-order chi connectivity index (χ0) is 31.4. The Kier molecular flexibility index (Phi) is 12.8. The Morgan fingerprint density at radius 1 is 0.738 bits per heavy atom. The molecule has 0 spiro atoms. The van der Waals surface area contributed by atoms with Gasteiger partial charge in [-0.25, -0.2) is 4.79 Å². The molecule has 42 heavy (non-hydrogen) atoms. The first-order valence-electron chi connectivity index (χ1n) is 13.5. The molecule has 0 aromatic heterocycles. The fraction of sp³-hybridized carbons (Fsp3) is 0.414. The van der Waals surface area contributed by atoms with Crippen molar-refractivity contribution >= 4 is 29.7 Å². The predicted octanol–water partition coefficient (Wildman–Crippen LogP) is 0.660. The second-order valence-electron chi connectivity index (χ2n) is 10.1. The average Bonchev–Trinajstić information content (AvgIpc) is 2.94. The lowest BCUT2D eigenvalue weighted by atomic mass is 9.96. The standard InChI is InChI=1S/C29H38N4O9/c1-3-16(2)25(28(40)31-22(29(41)42)12-13-24(36)37)33-27(39)23(15-18-6-10-20(35)11-7-18)32-26(38)21(30)14-17-4-8-19(34)9-5-17/h4-11,16,21-23,25,34-35H,3,12-15,30H2,1-2H3,(H,31,40)(H,32,38)(H,33,39)(H,36,37)(H,41,42). The number of aliphatic carboxylic acids is 2. The average molecular weight is 587 g/mol. The third kappa shape index (κ3) is 10.7. The number of hydrogen-bond acceptors (Lipinski definition) is 8. The summed E-state index contributed by atoms with van der Waals surface area (Å²) in [7, 11) is 0. The molecule has 5 atom stereocenters. The van der Waals surface area contributed by atoms with Gasteiger partial charge in [0.25, 0.3) is 0 Å². The zero-order valence-electron chi connectivity index (χ0n) is 23.4. The third-order valence-corrected chi connectivity index (χ3v) is 6.79. The van der Waals surface area contributed by atoms with Gasteiger partial charge in [0.05, 0.1) is 6.04 Å². The molecular formula is C29H38N4O9. The maximum absolute atomic E-state index is 13.5. The van der Waals surface area contributed by atoms with E-state index >= 15 is 0 Å². The molecule has 0 radical (unpaired) electrons. The van der Waals surface area contributed by atoms with E-state index in [1.807, 2.05) is 0 Å². The van der Waals surface area contributed by atoms with Gasteiger partial charge in [-0.05, 0) is 54.2 Å². The van der Waals surface area contributed by atoms with E-state index in [2.05, 4.69) is 16.0 Å². The minimum Gasteiger partial charge on any atom is -0.508 e. The van der Waals surface area contributed by atoms with Crippen molar-refractivity contribution in [2.24, 2.45) is 11.7 Å². The minimum atomic E-state index is -1.48. The van der Waals surface area contributed by atoms with Crippen molar-refractivity contribution < 1.29 is 44.4 Å². The first-order valence-corrected chi connectivity index (χ1v) is 13.5. The van der Waals surface area contributed by atoms with Crippen molar-refractivity contribution in [2.75, 3.05) is 0 Å². The van der Waals surface area contributed by atoms with Gasteiger partial charge in [0.1, 0.15) is 29.6 Å². The number of amides is 3. The molecule has 13 nitrogen and oxygen atoms in total. The molecule has 2 rings (SSSR count). The molecule has 0 aliphatic carbocycles. The fourth-order valence-corrected chi connectivity index (χ4v) is 4.08. The molecule has 0 aliphatic rings. The van der Waals surface area contributed by atoms with E-state index in [0.29, 0.717) is 17.5 Å². The smallest absolute Gasteiger partial charge is 0.326 e. The van der Waals surface area contributed by atoms with Gasteiger partial charge in [0, 0.05) is 12.8 Å². The lowest BCUT2D eigenvalue weighted by molar-refractivity contribution is -0.143. The third-order valence-electron chi connectivity index (χ3n) is 6.79. The Morgan fingerprint density at radius 3 is 1.71 bits per heavy atom. The molecule has 0 heterocycles. The zero-order valence-corrected chi connectivity index (χ0v) is 23.4. The van der Waals surface area contributed by atoms with Gasteiger partial charge < -0.3 is 42.1 Å². The van der Waals surface area contributed by atoms with Crippen molar-refractivity contribution in [3.05, 3.63) is 59.7 Å². The Balaban J connectivity index is 2.25. The number of phenols is 2. The maximum atomic E-state index is 13.5. The lowest BCUT2D eigenvalue weighted by Gasteiger charge is -2.28. The molecule has 0 saturated carbocycles. The van der Waals surface area contributed by atoms with Crippen molar-refractivity contribution in [1.82, 2.24) is 16.0 Å². The van der Waals surface area contributed by atoms with Crippen molar-refractivity contribution in [3.8, 4) is 11.5 Å². The number of benzene rings is 2. The van der Waals surface area contributed by atoms with Crippen LogP contribution in [-0.4, -0.2) is 74.3 Å². The van der Waals surface area contributed by atoms with Crippen LogP contribution < -0.4 is 21.7 Å². The van der Waals surface area contributed by atoms with Gasteiger partial charge in [-0.15, -0.1) is 0 Å². The SMILES string of the molecule is CCC(C)C(NC(=O)C(Cc1ccc(O)cc1)NC(=O)C(N)Cc1ccc(O)cc1)C(=O)NC(CCC(=O)O)C(=O)O. The predicted molar refractivity (Wildman–Crippen MR) is 151 cm³/mol. The number of nitrogens with two attached hydrogens (primary N) is 1. The number of carboxylic acids is 2. The van der Waals surface area contributed by atoms with E-state index in [9.17, 15) is 39.3 Å². The monoisotopic (exact) mass is 586 g/mol. The normalized spacial score (nSPS) is 14.5. The Bertz CT molecular complexity index is 1230. The van der Waals surface area contributed by atoms with Gasteiger partial charge in [0.2, 0.25) is 17.7 Å². The van der Waals surface area contributed by atoms with Crippen LogP contribution in [0.5, 0.6) is 11.5 Å². The molecule has 2 aromatic rings. The largest absolute Gasteiger partial charge is 0.508 e. The second kappa shape index (κ2) is 16.0. The van der Waals surface area contributed by atoms with Crippen LogP contribution in [0.3, 0.4) is 0 Å². The first-order chi connectivity index (χ1) is 19.8. The molecule has 13 heteroatoms. The quantitative estimate of drug-likeness (QED) is 0.137. The second-order valence-corrected chi connectivity index (χ2v) is 10.1.